The Kier molecular flexibility index (Phi) is 4.81. The third-order valence-electron chi connectivity index (χ3n) is 4.21. The molecule has 3 heteroatoms. The van der Waals surface area contributed by atoms with Crippen molar-refractivity contribution in [2.75, 3.05) is 6.61 Å². The molecular weight excluding hydrogens is 252 g/mol. The van der Waals surface area contributed by atoms with E-state index in [1.807, 2.05) is 25.1 Å². The molecule has 0 heterocycles. The minimum absolute atomic E-state index is 0.147. The number of carbonyl (C=O) groups excluding carboxylic acids is 1. The first kappa shape index (κ1) is 15.0. The highest BCUT2D eigenvalue weighted by molar-refractivity contribution is 5.81. The molecule has 1 aliphatic rings. The first-order chi connectivity index (χ1) is 9.63. The average molecular weight is 276 g/mol. The highest BCUT2D eigenvalue weighted by Gasteiger charge is 2.46. The van der Waals surface area contributed by atoms with Gasteiger partial charge in [-0.25, -0.2) is 4.79 Å². The number of aliphatic hydroxyl groups is 1. The number of benzene rings is 1. The van der Waals surface area contributed by atoms with Crippen LogP contribution in [0.15, 0.2) is 24.3 Å². The average Bonchev–Trinajstić information content (AvgIpc) is 2.47. The summed E-state index contributed by atoms with van der Waals surface area (Å²) in [6.07, 6.45) is 4.08. The molecule has 2 unspecified atom stereocenters. The third kappa shape index (κ3) is 2.73. The van der Waals surface area contributed by atoms with Crippen molar-refractivity contribution >= 4 is 5.97 Å². The van der Waals surface area contributed by atoms with Crippen LogP contribution in [-0.4, -0.2) is 23.3 Å². The molecule has 2 rings (SSSR count). The Morgan fingerprint density at radius 1 is 1.40 bits per heavy atom. The van der Waals surface area contributed by atoms with Crippen molar-refractivity contribution in [2.24, 2.45) is 0 Å². The van der Waals surface area contributed by atoms with Gasteiger partial charge in [0, 0.05) is 5.92 Å². The number of rotatable bonds is 5. The third-order valence-corrected chi connectivity index (χ3v) is 4.21. The van der Waals surface area contributed by atoms with Gasteiger partial charge in [0.15, 0.2) is 5.60 Å². The Morgan fingerprint density at radius 2 is 2.15 bits per heavy atom. The second-order valence-electron chi connectivity index (χ2n) is 5.54. The standard InChI is InChI=1S/C17H24O3/c1-3-12-17(19,16(18)20-4-2)15-11-7-9-13-8-5-6-10-14(13)15/h5-6,8,10,15,19H,3-4,7,9,11-12H2,1-2H3. The molecule has 0 aliphatic heterocycles. The minimum atomic E-state index is -1.39. The summed E-state index contributed by atoms with van der Waals surface area (Å²) < 4.78 is 5.14. The maximum absolute atomic E-state index is 12.3. The van der Waals surface area contributed by atoms with E-state index in [1.165, 1.54) is 5.56 Å². The molecule has 1 aromatic carbocycles. The summed E-state index contributed by atoms with van der Waals surface area (Å²) >= 11 is 0. The molecular formula is C17H24O3. The predicted octanol–water partition coefficient (Wildman–Crippen LogP) is 3.20. The molecule has 1 aromatic rings. The van der Waals surface area contributed by atoms with Crippen LogP contribution in [0, 0.1) is 0 Å². The maximum Gasteiger partial charge on any atom is 0.338 e. The molecule has 0 saturated heterocycles. The first-order valence-electron chi connectivity index (χ1n) is 7.60. The molecule has 0 bridgehead atoms. The van der Waals surface area contributed by atoms with E-state index in [0.29, 0.717) is 13.0 Å². The van der Waals surface area contributed by atoms with Crippen LogP contribution in [0.4, 0.5) is 0 Å². The summed E-state index contributed by atoms with van der Waals surface area (Å²) in [5, 5.41) is 11.0. The number of hydrogen-bond acceptors (Lipinski definition) is 3. The largest absolute Gasteiger partial charge is 0.464 e. The van der Waals surface area contributed by atoms with E-state index in [2.05, 4.69) is 6.07 Å². The van der Waals surface area contributed by atoms with Crippen molar-refractivity contribution < 1.29 is 14.6 Å². The van der Waals surface area contributed by atoms with Crippen molar-refractivity contribution in [3.05, 3.63) is 35.4 Å². The van der Waals surface area contributed by atoms with E-state index in [-0.39, 0.29) is 5.92 Å². The van der Waals surface area contributed by atoms with Crippen molar-refractivity contribution in [1.29, 1.82) is 0 Å². The Hall–Kier alpha value is -1.35. The van der Waals surface area contributed by atoms with Crippen LogP contribution in [0.1, 0.15) is 56.6 Å². The summed E-state index contributed by atoms with van der Waals surface area (Å²) in [4.78, 5) is 12.3. The van der Waals surface area contributed by atoms with Gasteiger partial charge < -0.3 is 9.84 Å². The Bertz CT molecular complexity index is 469. The van der Waals surface area contributed by atoms with Gasteiger partial charge in [-0.15, -0.1) is 0 Å². The molecule has 0 spiro atoms. The molecule has 0 aromatic heterocycles. The highest BCUT2D eigenvalue weighted by Crippen LogP contribution is 2.41. The van der Waals surface area contributed by atoms with Gasteiger partial charge in [-0.05, 0) is 43.7 Å². The van der Waals surface area contributed by atoms with Gasteiger partial charge in [0.25, 0.3) is 0 Å². The van der Waals surface area contributed by atoms with Crippen molar-refractivity contribution in [2.45, 2.75) is 57.5 Å². The Balaban J connectivity index is 2.38. The summed E-state index contributed by atoms with van der Waals surface area (Å²) in [5.41, 5.74) is 0.978. The molecule has 1 N–H and O–H groups in total. The molecule has 0 radical (unpaired) electrons. The van der Waals surface area contributed by atoms with Crippen LogP contribution >= 0.6 is 0 Å². The summed E-state index contributed by atoms with van der Waals surface area (Å²) in [6, 6.07) is 8.14. The number of esters is 1. The second kappa shape index (κ2) is 6.40. The Labute approximate surface area is 121 Å². The van der Waals surface area contributed by atoms with Crippen LogP contribution in [-0.2, 0) is 16.0 Å². The molecule has 20 heavy (non-hydrogen) atoms. The molecule has 110 valence electrons. The van der Waals surface area contributed by atoms with Gasteiger partial charge in [0.1, 0.15) is 0 Å². The smallest absolute Gasteiger partial charge is 0.338 e. The summed E-state index contributed by atoms with van der Waals surface area (Å²) in [5.74, 6) is -0.616. The number of ether oxygens (including phenoxy) is 1. The van der Waals surface area contributed by atoms with E-state index in [4.69, 9.17) is 4.74 Å². The molecule has 2 atom stereocenters. The van der Waals surface area contributed by atoms with Crippen LogP contribution in [0.25, 0.3) is 0 Å². The zero-order chi connectivity index (χ0) is 14.6. The second-order valence-corrected chi connectivity index (χ2v) is 5.54. The molecule has 3 nitrogen and oxygen atoms in total. The lowest BCUT2D eigenvalue weighted by Gasteiger charge is -2.37. The zero-order valence-electron chi connectivity index (χ0n) is 12.4. The van der Waals surface area contributed by atoms with Gasteiger partial charge >= 0.3 is 5.97 Å². The van der Waals surface area contributed by atoms with E-state index in [9.17, 15) is 9.90 Å². The number of carbonyl (C=O) groups is 1. The van der Waals surface area contributed by atoms with Gasteiger partial charge in [-0.2, -0.15) is 0 Å². The fourth-order valence-corrected chi connectivity index (χ4v) is 3.31. The van der Waals surface area contributed by atoms with Gasteiger partial charge in [-0.1, -0.05) is 37.6 Å². The van der Waals surface area contributed by atoms with Gasteiger partial charge in [-0.3, -0.25) is 0 Å². The lowest BCUT2D eigenvalue weighted by Crippen LogP contribution is -2.46. The SMILES string of the molecule is CCCC(O)(C(=O)OCC)C1CCCc2ccccc21. The van der Waals surface area contributed by atoms with Crippen molar-refractivity contribution in [3.63, 3.8) is 0 Å². The summed E-state index contributed by atoms with van der Waals surface area (Å²) in [6.45, 7) is 4.07. The van der Waals surface area contributed by atoms with Crippen LogP contribution < -0.4 is 0 Å². The van der Waals surface area contributed by atoms with Crippen LogP contribution in [0.3, 0.4) is 0 Å². The van der Waals surface area contributed by atoms with Crippen molar-refractivity contribution in [3.8, 4) is 0 Å². The van der Waals surface area contributed by atoms with Crippen LogP contribution in [0.2, 0.25) is 0 Å². The molecule has 1 aliphatic carbocycles. The number of fused-ring (bicyclic) bond motifs is 1. The van der Waals surface area contributed by atoms with E-state index in [0.717, 1.165) is 31.2 Å². The van der Waals surface area contributed by atoms with E-state index >= 15 is 0 Å². The Morgan fingerprint density at radius 3 is 2.85 bits per heavy atom. The van der Waals surface area contributed by atoms with Crippen LogP contribution in [0.5, 0.6) is 0 Å². The number of aryl methyl sites for hydroxylation is 1. The molecule has 0 fully saturated rings. The maximum atomic E-state index is 12.3. The van der Waals surface area contributed by atoms with E-state index < -0.39 is 11.6 Å². The molecule has 0 amide bonds. The van der Waals surface area contributed by atoms with Gasteiger partial charge in [0.05, 0.1) is 6.61 Å². The summed E-state index contributed by atoms with van der Waals surface area (Å²) in [7, 11) is 0. The lowest BCUT2D eigenvalue weighted by molar-refractivity contribution is -0.169. The fourth-order valence-electron chi connectivity index (χ4n) is 3.31. The minimum Gasteiger partial charge on any atom is -0.464 e. The normalized spacial score (nSPS) is 20.9. The van der Waals surface area contributed by atoms with E-state index in [1.54, 1.807) is 6.92 Å². The van der Waals surface area contributed by atoms with Gasteiger partial charge in [0.2, 0.25) is 0 Å². The highest BCUT2D eigenvalue weighted by atomic mass is 16.5. The molecule has 0 saturated carbocycles. The monoisotopic (exact) mass is 276 g/mol. The first-order valence-corrected chi connectivity index (χ1v) is 7.60. The van der Waals surface area contributed by atoms with Crippen molar-refractivity contribution in [1.82, 2.24) is 0 Å². The fraction of sp³-hybridized carbons (Fsp3) is 0.588. The predicted molar refractivity (Wildman–Crippen MR) is 78.6 cm³/mol. The quantitative estimate of drug-likeness (QED) is 0.840. The number of hydrogen-bond donors (Lipinski definition) is 1. The lowest BCUT2D eigenvalue weighted by atomic mass is 9.71. The zero-order valence-corrected chi connectivity index (χ0v) is 12.4. The topological polar surface area (TPSA) is 46.5 Å².